The van der Waals surface area contributed by atoms with E-state index >= 15 is 0 Å². The molecule has 34 heavy (non-hydrogen) atoms. The molecule has 2 aromatic carbocycles. The number of hydrogen-bond acceptors (Lipinski definition) is 3. The number of imidazole rings is 1. The zero-order chi connectivity index (χ0) is 23.1. The summed E-state index contributed by atoms with van der Waals surface area (Å²) in [4.78, 5) is 18.2. The average molecular weight is 458 g/mol. The fraction of sp³-hybridized carbons (Fsp3) is 0.517. The van der Waals surface area contributed by atoms with Gasteiger partial charge >= 0.3 is 0 Å². The topological polar surface area (TPSA) is 56.1 Å². The lowest BCUT2D eigenvalue weighted by Gasteiger charge is -2.55. The third-order valence-corrected chi connectivity index (χ3v) is 8.55. The minimum Gasteiger partial charge on any atom is -0.491 e. The van der Waals surface area contributed by atoms with E-state index in [0.29, 0.717) is 19.1 Å². The Hall–Kier alpha value is -2.82. The van der Waals surface area contributed by atoms with Crippen LogP contribution in [0.1, 0.15) is 49.9 Å². The van der Waals surface area contributed by atoms with Crippen LogP contribution in [-0.2, 0) is 17.8 Å². The smallest absolute Gasteiger partial charge is 0.226 e. The maximum Gasteiger partial charge on any atom is 0.226 e. The van der Waals surface area contributed by atoms with Gasteiger partial charge in [0.2, 0.25) is 5.91 Å². The number of carbonyl (C=O) groups excluding carboxylic acids is 1. The number of rotatable bonds is 8. The fourth-order valence-corrected chi connectivity index (χ4v) is 7.40. The third kappa shape index (κ3) is 3.99. The number of fused-ring (bicyclic) bond motifs is 1. The molecule has 0 radical (unpaired) electrons. The Bertz CT molecular complexity index is 1160. The van der Waals surface area contributed by atoms with Crippen LogP contribution < -0.4 is 10.1 Å². The second kappa shape index (κ2) is 8.75. The number of aryl methyl sites for hydroxylation is 1. The summed E-state index contributed by atoms with van der Waals surface area (Å²) in [5.74, 6) is 4.60. The van der Waals surface area contributed by atoms with Gasteiger partial charge in [-0.15, -0.1) is 0 Å². The van der Waals surface area contributed by atoms with Crippen LogP contribution in [0.3, 0.4) is 0 Å². The van der Waals surface area contributed by atoms with Crippen LogP contribution in [0.25, 0.3) is 11.0 Å². The zero-order valence-electron chi connectivity index (χ0n) is 20.1. The molecule has 0 atom stereocenters. The molecule has 0 unspecified atom stereocenters. The average Bonchev–Trinajstić information content (AvgIpc) is 3.17. The molecule has 0 saturated heterocycles. The van der Waals surface area contributed by atoms with Gasteiger partial charge in [0.05, 0.1) is 17.6 Å². The van der Waals surface area contributed by atoms with E-state index in [1.165, 1.54) is 19.3 Å². The molecule has 1 heterocycles. The summed E-state index contributed by atoms with van der Waals surface area (Å²) in [5.41, 5.74) is 3.18. The van der Waals surface area contributed by atoms with Crippen LogP contribution in [-0.4, -0.2) is 28.6 Å². The van der Waals surface area contributed by atoms with E-state index in [0.717, 1.165) is 78.2 Å². The number of nitrogens with one attached hydrogen (secondary N) is 1. The van der Waals surface area contributed by atoms with Gasteiger partial charge in [0.25, 0.3) is 0 Å². The molecule has 3 aromatic rings. The minimum atomic E-state index is -0.0870. The molecule has 0 aliphatic heterocycles. The maximum atomic E-state index is 13.3. The Morgan fingerprint density at radius 3 is 2.44 bits per heavy atom. The maximum absolute atomic E-state index is 13.3. The summed E-state index contributed by atoms with van der Waals surface area (Å²) in [5, 5.41) is 3.33. The van der Waals surface area contributed by atoms with Crippen molar-refractivity contribution < 1.29 is 9.53 Å². The summed E-state index contributed by atoms with van der Waals surface area (Å²) in [6.45, 7) is 4.02. The molecule has 4 bridgehead atoms. The lowest BCUT2D eigenvalue weighted by molar-refractivity contribution is -0.146. The number of ether oxygens (including phenoxy) is 1. The van der Waals surface area contributed by atoms with Crippen molar-refractivity contribution in [1.29, 1.82) is 0 Å². The number of para-hydroxylation sites is 3. The normalized spacial score (nSPS) is 27.3. The van der Waals surface area contributed by atoms with Crippen LogP contribution in [0, 0.1) is 30.1 Å². The van der Waals surface area contributed by atoms with Gasteiger partial charge in [-0.3, -0.25) is 4.79 Å². The molecule has 0 spiro atoms. The first-order chi connectivity index (χ1) is 16.6. The van der Waals surface area contributed by atoms with Crippen LogP contribution in [0.15, 0.2) is 48.5 Å². The summed E-state index contributed by atoms with van der Waals surface area (Å²) < 4.78 is 8.33. The van der Waals surface area contributed by atoms with Crippen LogP contribution in [0.2, 0.25) is 0 Å². The van der Waals surface area contributed by atoms with Gasteiger partial charge in [0.1, 0.15) is 18.2 Å². The van der Waals surface area contributed by atoms with Gasteiger partial charge in [-0.05, 0) is 87.0 Å². The van der Waals surface area contributed by atoms with E-state index in [1.54, 1.807) is 0 Å². The van der Waals surface area contributed by atoms with Crippen LogP contribution in [0.4, 0.5) is 0 Å². The van der Waals surface area contributed by atoms with Crippen molar-refractivity contribution in [3.8, 4) is 5.75 Å². The minimum absolute atomic E-state index is 0.0870. The molecule has 5 nitrogen and oxygen atoms in total. The highest BCUT2D eigenvalue weighted by atomic mass is 16.5. The number of benzene rings is 2. The first-order valence-corrected chi connectivity index (χ1v) is 13.0. The van der Waals surface area contributed by atoms with Gasteiger partial charge in [0.15, 0.2) is 0 Å². The lowest BCUT2D eigenvalue weighted by atomic mass is 9.49. The largest absolute Gasteiger partial charge is 0.491 e. The second-order valence-corrected chi connectivity index (χ2v) is 11.0. The second-order valence-electron chi connectivity index (χ2n) is 11.0. The molecule has 1 amide bonds. The van der Waals surface area contributed by atoms with Crippen LogP contribution >= 0.6 is 0 Å². The Kier molecular flexibility index (Phi) is 5.59. The van der Waals surface area contributed by atoms with Crippen molar-refractivity contribution in [2.24, 2.45) is 23.2 Å². The van der Waals surface area contributed by atoms with Gasteiger partial charge < -0.3 is 14.6 Å². The first kappa shape index (κ1) is 21.7. The standard InChI is InChI=1S/C29H35N3O2/c1-20-6-2-5-9-26(20)34-13-12-32-25-8-4-3-7-24(25)31-27(32)10-11-30-28(33)29-17-21-14-22(18-29)16-23(15-21)19-29/h2-9,21-23H,10-19H2,1H3,(H,30,33). The van der Waals surface area contributed by atoms with Gasteiger partial charge in [-0.2, -0.15) is 0 Å². The number of aromatic nitrogens is 2. The molecule has 1 aromatic heterocycles. The highest BCUT2D eigenvalue weighted by Crippen LogP contribution is 2.60. The summed E-state index contributed by atoms with van der Waals surface area (Å²) in [7, 11) is 0. The Morgan fingerprint density at radius 2 is 1.71 bits per heavy atom. The molecule has 7 rings (SSSR count). The van der Waals surface area contributed by atoms with Gasteiger partial charge in [-0.1, -0.05) is 30.3 Å². The van der Waals surface area contributed by atoms with E-state index in [-0.39, 0.29) is 5.41 Å². The molecule has 178 valence electrons. The molecular formula is C29H35N3O2. The van der Waals surface area contributed by atoms with E-state index in [4.69, 9.17) is 9.72 Å². The van der Waals surface area contributed by atoms with Crippen molar-refractivity contribution in [3.63, 3.8) is 0 Å². The van der Waals surface area contributed by atoms with Crippen molar-refractivity contribution in [1.82, 2.24) is 14.9 Å². The number of hydrogen-bond donors (Lipinski definition) is 1. The third-order valence-electron chi connectivity index (χ3n) is 8.55. The number of amides is 1. The van der Waals surface area contributed by atoms with Crippen molar-refractivity contribution in [2.45, 2.75) is 58.4 Å². The SMILES string of the molecule is Cc1ccccc1OCCn1c(CCNC(=O)C23CC4CC(CC(C4)C2)C3)nc2ccccc21. The Labute approximate surface area is 201 Å². The Morgan fingerprint density at radius 1 is 1.03 bits per heavy atom. The lowest BCUT2D eigenvalue weighted by Crippen LogP contribution is -2.53. The van der Waals surface area contributed by atoms with E-state index in [2.05, 4.69) is 41.1 Å². The predicted octanol–water partition coefficient (Wildman–Crippen LogP) is 5.30. The molecular weight excluding hydrogens is 422 g/mol. The molecule has 1 N–H and O–H groups in total. The van der Waals surface area contributed by atoms with Crippen molar-refractivity contribution >= 4 is 16.9 Å². The number of nitrogens with zero attached hydrogens (tertiary/aromatic N) is 2. The molecule has 5 heteroatoms. The molecule has 4 aliphatic carbocycles. The van der Waals surface area contributed by atoms with Crippen molar-refractivity contribution in [3.05, 3.63) is 59.9 Å². The monoisotopic (exact) mass is 457 g/mol. The fourth-order valence-electron chi connectivity index (χ4n) is 7.40. The van der Waals surface area contributed by atoms with E-state index in [9.17, 15) is 4.79 Å². The van der Waals surface area contributed by atoms with Gasteiger partial charge in [-0.25, -0.2) is 4.98 Å². The predicted molar refractivity (Wildman–Crippen MR) is 134 cm³/mol. The van der Waals surface area contributed by atoms with E-state index in [1.807, 2.05) is 24.3 Å². The first-order valence-electron chi connectivity index (χ1n) is 13.0. The van der Waals surface area contributed by atoms with E-state index < -0.39 is 0 Å². The van der Waals surface area contributed by atoms with Crippen molar-refractivity contribution in [2.75, 3.05) is 13.2 Å². The molecule has 4 fully saturated rings. The molecule has 4 aliphatic rings. The number of carbonyl (C=O) groups is 1. The van der Waals surface area contributed by atoms with Crippen LogP contribution in [0.5, 0.6) is 5.75 Å². The summed E-state index contributed by atoms with van der Waals surface area (Å²) >= 11 is 0. The summed E-state index contributed by atoms with van der Waals surface area (Å²) in [6.07, 6.45) is 8.15. The Balaban J connectivity index is 1.12. The molecule has 4 saturated carbocycles. The van der Waals surface area contributed by atoms with Gasteiger partial charge in [0, 0.05) is 18.4 Å². The quantitative estimate of drug-likeness (QED) is 0.499. The zero-order valence-corrected chi connectivity index (χ0v) is 20.1. The summed E-state index contributed by atoms with van der Waals surface area (Å²) in [6, 6.07) is 16.4. The highest BCUT2D eigenvalue weighted by Gasteiger charge is 2.54. The highest BCUT2D eigenvalue weighted by molar-refractivity contribution is 5.83.